The lowest BCUT2D eigenvalue weighted by Crippen LogP contribution is -2.48. The van der Waals surface area contributed by atoms with Crippen molar-refractivity contribution < 1.29 is 23.7 Å². The zero-order valence-corrected chi connectivity index (χ0v) is 24.4. The van der Waals surface area contributed by atoms with Crippen molar-refractivity contribution in [1.29, 1.82) is 5.41 Å². The minimum absolute atomic E-state index is 0.0104. The lowest BCUT2D eigenvalue weighted by molar-refractivity contribution is -0.137. The third-order valence-electron chi connectivity index (χ3n) is 6.13. The standard InChI is InChI=1S/C22H28N2O4S.C9H11N3O/c1-17(12-15-21(25)26)23-22(27)20(14-13-18-8-4-2-5-9-18)24-29(28)16-19-10-6-3-7-11-19;10-9(11)8-3-1-7(2-4-8)5-12-6-13/h2-11,17,20,24H,12-16H2,1H3,(H,23,27)(H,25,26);1-4,6H,5H2,(H3,10,11)(H,12,13). The van der Waals surface area contributed by atoms with Gasteiger partial charge < -0.3 is 21.5 Å². The maximum Gasteiger partial charge on any atom is 0.303 e. The van der Waals surface area contributed by atoms with Crippen LogP contribution in [0.25, 0.3) is 0 Å². The van der Waals surface area contributed by atoms with Crippen molar-refractivity contribution in [2.24, 2.45) is 5.73 Å². The Hall–Kier alpha value is -4.35. The molecular formula is C31H39N5O5S. The van der Waals surface area contributed by atoms with Gasteiger partial charge in [-0.05, 0) is 42.9 Å². The molecule has 3 unspecified atom stereocenters. The highest BCUT2D eigenvalue weighted by Crippen LogP contribution is 2.09. The Bertz CT molecular complexity index is 1290. The molecule has 3 atom stereocenters. The van der Waals surface area contributed by atoms with E-state index in [1.807, 2.05) is 72.8 Å². The van der Waals surface area contributed by atoms with Gasteiger partial charge in [0.25, 0.3) is 0 Å². The van der Waals surface area contributed by atoms with Gasteiger partial charge in [0.05, 0.1) is 22.8 Å². The normalized spacial score (nSPS) is 12.5. The highest BCUT2D eigenvalue weighted by atomic mass is 32.2. The van der Waals surface area contributed by atoms with Gasteiger partial charge in [-0.1, -0.05) is 84.9 Å². The van der Waals surface area contributed by atoms with Crippen LogP contribution in [0.4, 0.5) is 0 Å². The first-order valence-electron chi connectivity index (χ1n) is 13.5. The lowest BCUT2D eigenvalue weighted by atomic mass is 10.0. The molecule has 3 aromatic rings. The molecule has 0 heterocycles. The summed E-state index contributed by atoms with van der Waals surface area (Å²) in [6.45, 7) is 2.28. The Balaban J connectivity index is 0.000000395. The van der Waals surface area contributed by atoms with E-state index in [-0.39, 0.29) is 24.2 Å². The number of nitrogens with two attached hydrogens (primary N) is 1. The van der Waals surface area contributed by atoms with Crippen LogP contribution >= 0.6 is 0 Å². The molecule has 3 rings (SSSR count). The van der Waals surface area contributed by atoms with Crippen LogP contribution in [-0.4, -0.2) is 45.5 Å². The number of nitrogen functional groups attached to an aromatic ring is 1. The molecule has 0 spiro atoms. The maximum atomic E-state index is 12.8. The average molecular weight is 594 g/mol. The summed E-state index contributed by atoms with van der Waals surface area (Å²) in [4.78, 5) is 33.5. The van der Waals surface area contributed by atoms with E-state index < -0.39 is 23.0 Å². The van der Waals surface area contributed by atoms with E-state index in [1.54, 1.807) is 19.1 Å². The predicted octanol–water partition coefficient (Wildman–Crippen LogP) is 3.03. The van der Waals surface area contributed by atoms with Gasteiger partial charge in [0.15, 0.2) is 0 Å². The summed E-state index contributed by atoms with van der Waals surface area (Å²) in [7, 11) is -1.41. The molecule has 10 nitrogen and oxygen atoms in total. The molecular weight excluding hydrogens is 554 g/mol. The highest BCUT2D eigenvalue weighted by molar-refractivity contribution is 7.82. The quantitative estimate of drug-likeness (QED) is 0.0846. The number of aryl methyl sites for hydroxylation is 1. The van der Waals surface area contributed by atoms with Gasteiger partial charge in [-0.25, -0.2) is 8.93 Å². The van der Waals surface area contributed by atoms with E-state index in [0.717, 1.165) is 16.7 Å². The molecule has 0 saturated carbocycles. The Morgan fingerprint density at radius 2 is 1.52 bits per heavy atom. The molecule has 0 fully saturated rings. The molecule has 0 aromatic heterocycles. The maximum absolute atomic E-state index is 12.8. The van der Waals surface area contributed by atoms with Crippen molar-refractivity contribution in [1.82, 2.24) is 15.4 Å². The van der Waals surface area contributed by atoms with Crippen LogP contribution in [0, 0.1) is 5.41 Å². The summed E-state index contributed by atoms with van der Waals surface area (Å²) in [5.41, 5.74) is 8.97. The molecule has 7 N–H and O–H groups in total. The van der Waals surface area contributed by atoms with E-state index in [2.05, 4.69) is 15.4 Å². The first-order chi connectivity index (χ1) is 20.2. The largest absolute Gasteiger partial charge is 0.481 e. The van der Waals surface area contributed by atoms with E-state index >= 15 is 0 Å². The number of hydrogen-bond donors (Lipinski definition) is 6. The third kappa shape index (κ3) is 13.8. The predicted molar refractivity (Wildman–Crippen MR) is 165 cm³/mol. The van der Waals surface area contributed by atoms with Crippen LogP contribution < -0.4 is 21.1 Å². The smallest absolute Gasteiger partial charge is 0.303 e. The second-order valence-corrected chi connectivity index (χ2v) is 10.8. The number of rotatable bonds is 16. The number of carboxylic acid groups (broad SMARTS) is 1. The topological polar surface area (TPSA) is 174 Å². The first-order valence-corrected chi connectivity index (χ1v) is 14.8. The van der Waals surface area contributed by atoms with E-state index in [0.29, 0.717) is 43.5 Å². The van der Waals surface area contributed by atoms with Crippen LogP contribution in [-0.2, 0) is 44.1 Å². The average Bonchev–Trinajstić information content (AvgIpc) is 2.98. The van der Waals surface area contributed by atoms with E-state index in [1.165, 1.54) is 0 Å². The summed E-state index contributed by atoms with van der Waals surface area (Å²) in [6, 6.07) is 25.5. The zero-order valence-electron chi connectivity index (χ0n) is 23.6. The van der Waals surface area contributed by atoms with Gasteiger partial charge in [-0.3, -0.25) is 19.8 Å². The van der Waals surface area contributed by atoms with Gasteiger partial charge >= 0.3 is 5.97 Å². The SMILES string of the molecule is CC(CCC(=O)O)NC(=O)C(CCc1ccccc1)NS(=O)Cc1ccccc1.N=C(N)c1ccc(CNC=O)cc1. The summed E-state index contributed by atoms with van der Waals surface area (Å²) < 4.78 is 15.5. The van der Waals surface area contributed by atoms with Gasteiger partial charge in [0.1, 0.15) is 5.84 Å². The number of carbonyl (C=O) groups is 3. The van der Waals surface area contributed by atoms with Gasteiger partial charge in [0.2, 0.25) is 12.3 Å². The zero-order chi connectivity index (χ0) is 30.7. The monoisotopic (exact) mass is 593 g/mol. The number of benzene rings is 3. The molecule has 0 radical (unpaired) electrons. The molecule has 42 heavy (non-hydrogen) atoms. The van der Waals surface area contributed by atoms with Gasteiger partial charge in [0, 0.05) is 24.6 Å². The Morgan fingerprint density at radius 3 is 2.07 bits per heavy atom. The minimum Gasteiger partial charge on any atom is -0.481 e. The fraction of sp³-hybridized carbons (Fsp3) is 0.290. The van der Waals surface area contributed by atoms with Crippen molar-refractivity contribution in [3.8, 4) is 0 Å². The number of carboxylic acids is 1. The molecule has 0 saturated heterocycles. The molecule has 3 aromatic carbocycles. The second-order valence-electron chi connectivity index (χ2n) is 9.62. The Morgan fingerprint density at radius 1 is 0.929 bits per heavy atom. The fourth-order valence-corrected chi connectivity index (χ4v) is 4.96. The summed E-state index contributed by atoms with van der Waals surface area (Å²) >= 11 is 0. The molecule has 11 heteroatoms. The first kappa shape index (κ1) is 33.9. The number of nitrogens with one attached hydrogen (secondary N) is 4. The van der Waals surface area contributed by atoms with Crippen molar-refractivity contribution >= 4 is 35.1 Å². The number of aliphatic carboxylic acids is 1. The number of amides is 2. The van der Waals surface area contributed by atoms with Crippen molar-refractivity contribution in [2.75, 3.05) is 0 Å². The Kier molecular flexibility index (Phi) is 15.2. The molecule has 0 aliphatic carbocycles. The number of hydrogen-bond acceptors (Lipinski definition) is 5. The summed E-state index contributed by atoms with van der Waals surface area (Å²) in [5, 5.41) is 21.3. The molecule has 0 aliphatic heterocycles. The van der Waals surface area contributed by atoms with Crippen molar-refractivity contribution in [3.63, 3.8) is 0 Å². The number of amidine groups is 1. The molecule has 0 aliphatic rings. The highest BCUT2D eigenvalue weighted by Gasteiger charge is 2.22. The fourth-order valence-electron chi connectivity index (χ4n) is 3.84. The minimum atomic E-state index is -1.41. The lowest BCUT2D eigenvalue weighted by Gasteiger charge is -2.21. The van der Waals surface area contributed by atoms with Gasteiger partial charge in [-0.15, -0.1) is 0 Å². The van der Waals surface area contributed by atoms with Crippen LogP contribution in [0.15, 0.2) is 84.9 Å². The summed E-state index contributed by atoms with van der Waals surface area (Å²) in [5.74, 6) is -0.797. The van der Waals surface area contributed by atoms with Crippen molar-refractivity contribution in [3.05, 3.63) is 107 Å². The van der Waals surface area contributed by atoms with Crippen LogP contribution in [0.1, 0.15) is 48.4 Å². The Labute approximate surface area is 249 Å². The second kappa shape index (κ2) is 18.9. The van der Waals surface area contributed by atoms with Crippen molar-refractivity contribution in [2.45, 2.75) is 57.0 Å². The van der Waals surface area contributed by atoms with E-state index in [9.17, 15) is 18.6 Å². The molecule has 2 amide bonds. The van der Waals surface area contributed by atoms with Crippen LogP contribution in [0.2, 0.25) is 0 Å². The van der Waals surface area contributed by atoms with Gasteiger partial charge in [-0.2, -0.15) is 0 Å². The van der Waals surface area contributed by atoms with Crippen LogP contribution in [0.5, 0.6) is 0 Å². The molecule has 0 bridgehead atoms. The third-order valence-corrected chi connectivity index (χ3v) is 7.27. The summed E-state index contributed by atoms with van der Waals surface area (Å²) in [6.07, 6.45) is 2.14. The number of carbonyl (C=O) groups excluding carboxylic acids is 2. The molecule has 224 valence electrons. The van der Waals surface area contributed by atoms with Crippen LogP contribution in [0.3, 0.4) is 0 Å². The van der Waals surface area contributed by atoms with E-state index in [4.69, 9.17) is 16.2 Å².